The maximum absolute atomic E-state index is 10.9. The molecule has 0 amide bonds. The zero-order chi connectivity index (χ0) is 13.3. The maximum Gasteiger partial charge on any atom is 0.303 e. The molecule has 0 aliphatic carbocycles. The Bertz CT molecular complexity index is 480. The van der Waals surface area contributed by atoms with Gasteiger partial charge in [0, 0.05) is 10.9 Å². The van der Waals surface area contributed by atoms with Gasteiger partial charge in [0.15, 0.2) is 0 Å². The first-order valence-corrected chi connectivity index (χ1v) is 6.82. The van der Waals surface area contributed by atoms with E-state index in [1.54, 1.807) is 0 Å². The Balaban J connectivity index is 2.26. The molecular formula is C14H17BrO3. The molecule has 0 fully saturated rings. The molecule has 1 aliphatic rings. The van der Waals surface area contributed by atoms with Gasteiger partial charge in [0.1, 0.15) is 5.75 Å². The van der Waals surface area contributed by atoms with Crippen molar-refractivity contribution < 1.29 is 14.6 Å². The zero-order valence-electron chi connectivity index (χ0n) is 10.6. The molecule has 0 radical (unpaired) electrons. The number of halogens is 1. The quantitative estimate of drug-likeness (QED) is 0.926. The Labute approximate surface area is 115 Å². The number of rotatable bonds is 4. The van der Waals surface area contributed by atoms with E-state index in [-0.39, 0.29) is 11.8 Å². The van der Waals surface area contributed by atoms with E-state index in [4.69, 9.17) is 9.84 Å². The van der Waals surface area contributed by atoms with Gasteiger partial charge in [0.25, 0.3) is 0 Å². The third kappa shape index (κ3) is 3.05. The minimum absolute atomic E-state index is 0.161. The minimum Gasteiger partial charge on any atom is -0.493 e. The second-order valence-corrected chi connectivity index (χ2v) is 6.48. The van der Waals surface area contributed by atoms with Gasteiger partial charge < -0.3 is 9.84 Å². The van der Waals surface area contributed by atoms with Crippen molar-refractivity contribution in [2.75, 3.05) is 6.61 Å². The van der Waals surface area contributed by atoms with E-state index in [1.807, 2.05) is 19.9 Å². The SMILES string of the molecule is CC(C)(CC(=O)O)Cc1cc(Br)cc2c1OCC2. The molecule has 1 aliphatic heterocycles. The number of fused-ring (bicyclic) bond motifs is 1. The Kier molecular flexibility index (Phi) is 3.66. The van der Waals surface area contributed by atoms with Crippen LogP contribution in [0.1, 0.15) is 31.4 Å². The predicted octanol–water partition coefficient (Wildman–Crippen LogP) is 3.43. The number of hydrogen-bond acceptors (Lipinski definition) is 2. The molecule has 0 aromatic heterocycles. The van der Waals surface area contributed by atoms with Gasteiger partial charge in [-0.1, -0.05) is 29.8 Å². The van der Waals surface area contributed by atoms with Crippen molar-refractivity contribution in [1.29, 1.82) is 0 Å². The lowest BCUT2D eigenvalue weighted by Gasteiger charge is -2.23. The molecule has 1 heterocycles. The summed E-state index contributed by atoms with van der Waals surface area (Å²) in [6.45, 7) is 4.67. The highest BCUT2D eigenvalue weighted by molar-refractivity contribution is 9.10. The van der Waals surface area contributed by atoms with Gasteiger partial charge >= 0.3 is 5.97 Å². The van der Waals surface area contributed by atoms with Crippen molar-refractivity contribution >= 4 is 21.9 Å². The largest absolute Gasteiger partial charge is 0.493 e. The first-order valence-electron chi connectivity index (χ1n) is 6.03. The minimum atomic E-state index is -0.757. The fourth-order valence-electron chi connectivity index (χ4n) is 2.46. The number of hydrogen-bond donors (Lipinski definition) is 1. The van der Waals surface area contributed by atoms with Crippen molar-refractivity contribution in [2.45, 2.75) is 33.1 Å². The standard InChI is InChI=1S/C14H17BrO3/c1-14(2,8-12(16)17)7-10-6-11(15)5-9-3-4-18-13(9)10/h5-6H,3-4,7-8H2,1-2H3,(H,16,17). The van der Waals surface area contributed by atoms with Gasteiger partial charge in [-0.25, -0.2) is 0 Å². The van der Waals surface area contributed by atoms with E-state index in [0.29, 0.717) is 6.42 Å². The third-order valence-electron chi connectivity index (χ3n) is 3.12. The second kappa shape index (κ2) is 4.92. The summed E-state index contributed by atoms with van der Waals surface area (Å²) in [5.41, 5.74) is 2.04. The predicted molar refractivity (Wildman–Crippen MR) is 73.1 cm³/mol. The van der Waals surface area contributed by atoms with Gasteiger partial charge in [-0.05, 0) is 35.1 Å². The number of carboxylic acids is 1. The van der Waals surface area contributed by atoms with Crippen molar-refractivity contribution in [1.82, 2.24) is 0 Å². The van der Waals surface area contributed by atoms with Crippen LogP contribution in [0.25, 0.3) is 0 Å². The topological polar surface area (TPSA) is 46.5 Å². The van der Waals surface area contributed by atoms with Gasteiger partial charge in [-0.2, -0.15) is 0 Å². The van der Waals surface area contributed by atoms with Crippen LogP contribution >= 0.6 is 15.9 Å². The molecule has 2 rings (SSSR count). The molecule has 4 heteroatoms. The molecule has 98 valence electrons. The number of ether oxygens (including phenoxy) is 1. The normalized spacial score (nSPS) is 14.2. The van der Waals surface area contributed by atoms with E-state index < -0.39 is 5.97 Å². The van der Waals surface area contributed by atoms with Crippen LogP contribution in [0.2, 0.25) is 0 Å². The lowest BCUT2D eigenvalue weighted by atomic mass is 9.82. The van der Waals surface area contributed by atoms with Crippen LogP contribution in [0.5, 0.6) is 5.75 Å². The highest BCUT2D eigenvalue weighted by Gasteiger charge is 2.26. The zero-order valence-corrected chi connectivity index (χ0v) is 12.2. The number of benzene rings is 1. The van der Waals surface area contributed by atoms with Crippen LogP contribution in [0, 0.1) is 5.41 Å². The summed E-state index contributed by atoms with van der Waals surface area (Å²) in [7, 11) is 0. The van der Waals surface area contributed by atoms with Gasteiger partial charge in [-0.15, -0.1) is 0 Å². The first-order chi connectivity index (χ1) is 8.37. The number of carbonyl (C=O) groups is 1. The Hall–Kier alpha value is -1.03. The Morgan fingerprint density at radius 1 is 1.50 bits per heavy atom. The molecule has 0 saturated heterocycles. The smallest absolute Gasteiger partial charge is 0.303 e. The molecule has 1 N–H and O–H groups in total. The summed E-state index contributed by atoms with van der Waals surface area (Å²) in [6, 6.07) is 4.11. The maximum atomic E-state index is 10.9. The first kappa shape index (κ1) is 13.4. The van der Waals surface area contributed by atoms with E-state index in [2.05, 4.69) is 22.0 Å². The van der Waals surface area contributed by atoms with E-state index in [9.17, 15) is 4.79 Å². The average molecular weight is 313 g/mol. The lowest BCUT2D eigenvalue weighted by Crippen LogP contribution is -2.20. The fourth-order valence-corrected chi connectivity index (χ4v) is 3.02. The van der Waals surface area contributed by atoms with Crippen LogP contribution < -0.4 is 4.74 Å². The van der Waals surface area contributed by atoms with Crippen LogP contribution in [0.15, 0.2) is 16.6 Å². The monoisotopic (exact) mass is 312 g/mol. The second-order valence-electron chi connectivity index (χ2n) is 5.56. The molecule has 0 atom stereocenters. The summed E-state index contributed by atoms with van der Waals surface area (Å²) in [4.78, 5) is 10.9. The van der Waals surface area contributed by atoms with Crippen molar-refractivity contribution in [2.24, 2.45) is 5.41 Å². The van der Waals surface area contributed by atoms with Gasteiger partial charge in [-0.3, -0.25) is 4.79 Å². The highest BCUT2D eigenvalue weighted by atomic mass is 79.9. The Morgan fingerprint density at radius 3 is 2.89 bits per heavy atom. The van der Waals surface area contributed by atoms with Crippen molar-refractivity contribution in [3.63, 3.8) is 0 Å². The van der Waals surface area contributed by atoms with Crippen molar-refractivity contribution in [3.8, 4) is 5.75 Å². The summed E-state index contributed by atoms with van der Waals surface area (Å²) in [5.74, 6) is 0.198. The lowest BCUT2D eigenvalue weighted by molar-refractivity contribution is -0.139. The molecule has 3 nitrogen and oxygen atoms in total. The molecule has 0 unspecified atom stereocenters. The Morgan fingerprint density at radius 2 is 2.22 bits per heavy atom. The molecule has 0 bridgehead atoms. The third-order valence-corrected chi connectivity index (χ3v) is 3.58. The van der Waals surface area contributed by atoms with E-state index in [0.717, 1.165) is 28.8 Å². The summed E-state index contributed by atoms with van der Waals surface area (Å²) >= 11 is 3.50. The molecule has 1 aromatic carbocycles. The van der Waals surface area contributed by atoms with E-state index >= 15 is 0 Å². The summed E-state index contributed by atoms with van der Waals surface area (Å²) in [5, 5.41) is 8.93. The van der Waals surface area contributed by atoms with Gasteiger partial charge in [0.2, 0.25) is 0 Å². The average Bonchev–Trinajstić information content (AvgIpc) is 2.61. The van der Waals surface area contributed by atoms with Crippen LogP contribution in [-0.4, -0.2) is 17.7 Å². The fraction of sp³-hybridized carbons (Fsp3) is 0.500. The van der Waals surface area contributed by atoms with Crippen LogP contribution in [0.4, 0.5) is 0 Å². The highest BCUT2D eigenvalue weighted by Crippen LogP contribution is 2.37. The molecule has 0 saturated carbocycles. The number of carboxylic acid groups (broad SMARTS) is 1. The summed E-state index contributed by atoms with van der Waals surface area (Å²) < 4.78 is 6.70. The van der Waals surface area contributed by atoms with Crippen LogP contribution in [-0.2, 0) is 17.6 Å². The van der Waals surface area contributed by atoms with Crippen LogP contribution in [0.3, 0.4) is 0 Å². The van der Waals surface area contributed by atoms with Crippen molar-refractivity contribution in [3.05, 3.63) is 27.7 Å². The summed E-state index contributed by atoms with van der Waals surface area (Å²) in [6.07, 6.45) is 1.80. The molecule has 18 heavy (non-hydrogen) atoms. The number of aliphatic carboxylic acids is 1. The molecular weight excluding hydrogens is 296 g/mol. The molecule has 1 aromatic rings. The van der Waals surface area contributed by atoms with Gasteiger partial charge in [0.05, 0.1) is 13.0 Å². The van der Waals surface area contributed by atoms with E-state index in [1.165, 1.54) is 5.56 Å². The molecule has 0 spiro atoms.